The summed E-state index contributed by atoms with van der Waals surface area (Å²) in [6.07, 6.45) is 3.99. The van der Waals surface area contributed by atoms with Crippen LogP contribution in [-0.2, 0) is 6.54 Å². The zero-order chi connectivity index (χ0) is 16.1. The van der Waals surface area contributed by atoms with Crippen LogP contribution in [0.25, 0.3) is 0 Å². The van der Waals surface area contributed by atoms with E-state index in [2.05, 4.69) is 27.3 Å². The number of benzene rings is 1. The van der Waals surface area contributed by atoms with Gasteiger partial charge in [-0.2, -0.15) is 0 Å². The Labute approximate surface area is 146 Å². The van der Waals surface area contributed by atoms with E-state index < -0.39 is 0 Å². The molecule has 0 bridgehead atoms. The molecule has 3 aliphatic heterocycles. The van der Waals surface area contributed by atoms with E-state index in [9.17, 15) is 4.39 Å². The van der Waals surface area contributed by atoms with Crippen LogP contribution in [0.5, 0.6) is 0 Å². The van der Waals surface area contributed by atoms with Gasteiger partial charge >= 0.3 is 0 Å². The summed E-state index contributed by atoms with van der Waals surface area (Å²) in [4.78, 5) is 6.98. The Morgan fingerprint density at radius 1 is 1.21 bits per heavy atom. The molecule has 3 atom stereocenters. The molecule has 2 aromatic rings. The molecule has 24 heavy (non-hydrogen) atoms. The van der Waals surface area contributed by atoms with Crippen LogP contribution in [0, 0.1) is 11.7 Å². The van der Waals surface area contributed by atoms with Crippen LogP contribution in [0.15, 0.2) is 41.8 Å². The Morgan fingerprint density at radius 3 is 2.88 bits per heavy atom. The van der Waals surface area contributed by atoms with Gasteiger partial charge in [-0.3, -0.25) is 9.80 Å². The quantitative estimate of drug-likeness (QED) is 0.821. The molecule has 2 nitrogen and oxygen atoms in total. The Morgan fingerprint density at radius 2 is 2.08 bits per heavy atom. The van der Waals surface area contributed by atoms with Gasteiger partial charge in [-0.15, -0.1) is 11.3 Å². The van der Waals surface area contributed by atoms with Crippen molar-refractivity contribution in [3.8, 4) is 0 Å². The fraction of sp³-hybridized carbons (Fsp3) is 0.500. The van der Waals surface area contributed by atoms with Crippen molar-refractivity contribution in [2.45, 2.75) is 37.4 Å². The van der Waals surface area contributed by atoms with Crippen LogP contribution < -0.4 is 0 Å². The highest BCUT2D eigenvalue weighted by molar-refractivity contribution is 7.10. The van der Waals surface area contributed by atoms with Gasteiger partial charge in [0.15, 0.2) is 0 Å². The van der Waals surface area contributed by atoms with E-state index in [-0.39, 0.29) is 5.82 Å². The number of thiophene rings is 1. The molecule has 126 valence electrons. The van der Waals surface area contributed by atoms with E-state index in [1.165, 1.54) is 44.5 Å². The predicted molar refractivity (Wildman–Crippen MR) is 95.5 cm³/mol. The number of nitrogens with zero attached hydrogens (tertiary/aromatic N) is 2. The minimum absolute atomic E-state index is 0.142. The second-order valence-corrected chi connectivity index (χ2v) is 8.64. The summed E-state index contributed by atoms with van der Waals surface area (Å²) in [6.45, 7) is 4.58. The molecular formula is C20H23FN2S. The van der Waals surface area contributed by atoms with Crippen LogP contribution in [0.3, 0.4) is 0 Å². The molecule has 1 aromatic carbocycles. The summed E-state index contributed by atoms with van der Waals surface area (Å²) in [5, 5.41) is 2.22. The maximum Gasteiger partial charge on any atom is 0.123 e. The highest BCUT2D eigenvalue weighted by Crippen LogP contribution is 2.56. The first-order valence-corrected chi connectivity index (χ1v) is 9.89. The van der Waals surface area contributed by atoms with Crippen molar-refractivity contribution in [1.82, 2.24) is 9.80 Å². The van der Waals surface area contributed by atoms with Gasteiger partial charge in [0.25, 0.3) is 0 Å². The first-order valence-electron chi connectivity index (χ1n) is 9.01. The Balaban J connectivity index is 1.36. The fourth-order valence-electron chi connectivity index (χ4n) is 5.47. The molecule has 4 heterocycles. The lowest BCUT2D eigenvalue weighted by atomic mass is 9.86. The van der Waals surface area contributed by atoms with Crippen molar-refractivity contribution in [1.29, 1.82) is 0 Å². The van der Waals surface area contributed by atoms with Gasteiger partial charge in [0.1, 0.15) is 5.82 Å². The third kappa shape index (κ3) is 2.27. The van der Waals surface area contributed by atoms with Crippen LogP contribution in [0.4, 0.5) is 4.39 Å². The molecule has 0 aliphatic carbocycles. The summed E-state index contributed by atoms with van der Waals surface area (Å²) in [6, 6.07) is 12.2. The van der Waals surface area contributed by atoms with Crippen molar-refractivity contribution in [3.63, 3.8) is 0 Å². The Bertz CT molecular complexity index is 714. The third-order valence-electron chi connectivity index (χ3n) is 6.39. The van der Waals surface area contributed by atoms with Crippen molar-refractivity contribution in [3.05, 3.63) is 58.0 Å². The molecular weight excluding hydrogens is 319 g/mol. The van der Waals surface area contributed by atoms with Gasteiger partial charge in [-0.1, -0.05) is 18.2 Å². The van der Waals surface area contributed by atoms with Crippen molar-refractivity contribution in [2.75, 3.05) is 19.6 Å². The van der Waals surface area contributed by atoms with E-state index in [1.807, 2.05) is 23.5 Å². The van der Waals surface area contributed by atoms with Gasteiger partial charge in [0.05, 0.1) is 0 Å². The molecule has 0 amide bonds. The van der Waals surface area contributed by atoms with E-state index in [1.54, 1.807) is 17.0 Å². The van der Waals surface area contributed by atoms with Crippen LogP contribution in [-0.4, -0.2) is 35.0 Å². The maximum absolute atomic E-state index is 13.1. The molecule has 0 radical (unpaired) electrons. The molecule has 3 fully saturated rings. The smallest absolute Gasteiger partial charge is 0.123 e. The highest BCUT2D eigenvalue weighted by Gasteiger charge is 2.59. The van der Waals surface area contributed by atoms with Gasteiger partial charge in [0, 0.05) is 36.1 Å². The molecule has 0 saturated carbocycles. The fourth-order valence-corrected chi connectivity index (χ4v) is 6.32. The summed E-state index contributed by atoms with van der Waals surface area (Å²) >= 11 is 1.92. The Kier molecular flexibility index (Phi) is 3.55. The molecule has 0 unspecified atom stereocenters. The standard InChI is InChI=1S/C20H23FN2S/c21-17-6-4-15(5-7-17)12-22-13-16-11-18(19-3-1-10-24-19)23-9-2-8-20(16,23)14-22/h1,3-7,10,16,18H,2,8-9,11-14H2/t16-,18+,20+/m0/s1. The second kappa shape index (κ2) is 5.65. The SMILES string of the molecule is Fc1ccc(CN2C[C@@H]3C[C@H](c4cccs4)N4CCC[C@@]34C2)cc1. The van der Waals surface area contributed by atoms with Gasteiger partial charge in [-0.05, 0) is 60.9 Å². The molecule has 5 rings (SSSR count). The minimum Gasteiger partial charge on any atom is -0.297 e. The molecule has 4 heteroatoms. The van der Waals surface area contributed by atoms with Gasteiger partial charge in [-0.25, -0.2) is 4.39 Å². The molecule has 1 spiro atoms. The monoisotopic (exact) mass is 342 g/mol. The lowest BCUT2D eigenvalue weighted by molar-refractivity contribution is 0.132. The maximum atomic E-state index is 13.1. The van der Waals surface area contributed by atoms with Crippen LogP contribution in [0.2, 0.25) is 0 Å². The van der Waals surface area contributed by atoms with E-state index in [0.29, 0.717) is 11.6 Å². The summed E-state index contributed by atoms with van der Waals surface area (Å²) in [5.41, 5.74) is 1.63. The van der Waals surface area contributed by atoms with Crippen molar-refractivity contribution >= 4 is 11.3 Å². The first kappa shape index (κ1) is 15.1. The van der Waals surface area contributed by atoms with E-state index in [0.717, 1.165) is 12.5 Å². The zero-order valence-corrected chi connectivity index (χ0v) is 14.6. The highest BCUT2D eigenvalue weighted by atomic mass is 32.1. The van der Waals surface area contributed by atoms with Gasteiger partial charge in [0.2, 0.25) is 0 Å². The number of hydrogen-bond donors (Lipinski definition) is 0. The summed E-state index contributed by atoms with van der Waals surface area (Å²) in [5.74, 6) is 0.643. The van der Waals surface area contributed by atoms with Crippen LogP contribution in [0.1, 0.15) is 35.7 Å². The lowest BCUT2D eigenvalue weighted by Crippen LogP contribution is -2.45. The predicted octanol–water partition coefficient (Wildman–Crippen LogP) is 4.30. The second-order valence-electron chi connectivity index (χ2n) is 7.66. The van der Waals surface area contributed by atoms with Crippen molar-refractivity contribution in [2.24, 2.45) is 5.92 Å². The third-order valence-corrected chi connectivity index (χ3v) is 7.37. The molecule has 3 saturated heterocycles. The average Bonchev–Trinajstić information content (AvgIpc) is 3.31. The largest absolute Gasteiger partial charge is 0.297 e. The van der Waals surface area contributed by atoms with Gasteiger partial charge < -0.3 is 0 Å². The van der Waals surface area contributed by atoms with E-state index >= 15 is 0 Å². The summed E-state index contributed by atoms with van der Waals surface area (Å²) in [7, 11) is 0. The molecule has 0 N–H and O–H groups in total. The average molecular weight is 342 g/mol. The molecule has 3 aliphatic rings. The first-order chi connectivity index (χ1) is 11.7. The molecule has 1 aromatic heterocycles. The Hall–Kier alpha value is -1.23. The minimum atomic E-state index is -0.142. The van der Waals surface area contributed by atoms with Crippen molar-refractivity contribution < 1.29 is 4.39 Å². The number of halogens is 1. The number of hydrogen-bond acceptors (Lipinski definition) is 3. The normalized spacial score (nSPS) is 33.0. The summed E-state index contributed by atoms with van der Waals surface area (Å²) < 4.78 is 13.1. The zero-order valence-electron chi connectivity index (χ0n) is 13.8. The van der Waals surface area contributed by atoms with Crippen LogP contribution >= 0.6 is 11.3 Å². The lowest BCUT2D eigenvalue weighted by Gasteiger charge is -2.35. The number of rotatable bonds is 3. The van der Waals surface area contributed by atoms with E-state index in [4.69, 9.17) is 0 Å². The number of likely N-dealkylation sites (tertiary alicyclic amines) is 1. The topological polar surface area (TPSA) is 6.48 Å².